The first kappa shape index (κ1) is 13.0. The van der Waals surface area contributed by atoms with Gasteiger partial charge in [0.15, 0.2) is 5.78 Å². The Morgan fingerprint density at radius 2 is 1.94 bits per heavy atom. The molecule has 1 aliphatic heterocycles. The highest BCUT2D eigenvalue weighted by Crippen LogP contribution is 2.24. The molecule has 2 rings (SSSR count). The molecule has 4 nitrogen and oxygen atoms in total. The Morgan fingerprint density at radius 3 is 2.44 bits per heavy atom. The highest BCUT2D eigenvalue weighted by Gasteiger charge is 2.24. The summed E-state index contributed by atoms with van der Waals surface area (Å²) in [6.45, 7) is 9.96. The van der Waals surface area contributed by atoms with E-state index in [1.54, 1.807) is 13.1 Å². The molecule has 1 fully saturated rings. The van der Waals surface area contributed by atoms with Gasteiger partial charge in [0.25, 0.3) is 0 Å². The largest absolute Gasteiger partial charge is 0.340 e. The van der Waals surface area contributed by atoms with Gasteiger partial charge in [-0.15, -0.1) is 0 Å². The number of Topliss-reactive ketones (excluding diaryl/α,β-unsaturated/α-hetero) is 1. The minimum atomic E-state index is 0.0273. The van der Waals surface area contributed by atoms with Crippen molar-refractivity contribution in [2.45, 2.75) is 34.1 Å². The van der Waals surface area contributed by atoms with E-state index in [1.807, 2.05) is 6.92 Å². The topological polar surface area (TPSA) is 46.1 Å². The number of aromatic nitrogens is 2. The smallest absolute Gasteiger partial charge is 0.225 e. The molecule has 1 aromatic rings. The van der Waals surface area contributed by atoms with Crippen LogP contribution in [0.15, 0.2) is 6.20 Å². The van der Waals surface area contributed by atoms with Crippen molar-refractivity contribution < 1.29 is 4.79 Å². The number of nitrogens with zero attached hydrogens (tertiary/aromatic N) is 3. The first-order valence-corrected chi connectivity index (χ1v) is 6.57. The number of aryl methyl sites for hydroxylation is 1. The van der Waals surface area contributed by atoms with E-state index < -0.39 is 0 Å². The zero-order chi connectivity index (χ0) is 13.3. The second-order valence-electron chi connectivity index (χ2n) is 5.58. The molecule has 1 saturated heterocycles. The first-order chi connectivity index (χ1) is 8.47. The molecule has 0 aromatic carbocycles. The van der Waals surface area contributed by atoms with Gasteiger partial charge in [0.1, 0.15) is 0 Å². The van der Waals surface area contributed by atoms with Gasteiger partial charge in [-0.2, -0.15) is 0 Å². The van der Waals surface area contributed by atoms with Crippen LogP contribution < -0.4 is 4.90 Å². The van der Waals surface area contributed by atoms with E-state index in [0.717, 1.165) is 24.7 Å². The summed E-state index contributed by atoms with van der Waals surface area (Å²) in [6, 6.07) is 0. The van der Waals surface area contributed by atoms with E-state index in [1.165, 1.54) is 6.42 Å². The van der Waals surface area contributed by atoms with E-state index in [2.05, 4.69) is 28.7 Å². The van der Waals surface area contributed by atoms with Gasteiger partial charge < -0.3 is 4.90 Å². The summed E-state index contributed by atoms with van der Waals surface area (Å²) in [4.78, 5) is 22.4. The predicted octanol–water partition coefficient (Wildman–Crippen LogP) is 2.47. The molecule has 0 N–H and O–H groups in total. The van der Waals surface area contributed by atoms with Gasteiger partial charge in [-0.05, 0) is 32.1 Å². The Kier molecular flexibility index (Phi) is 3.64. The summed E-state index contributed by atoms with van der Waals surface area (Å²) in [7, 11) is 0. The molecule has 4 heteroatoms. The van der Waals surface area contributed by atoms with Crippen molar-refractivity contribution >= 4 is 11.7 Å². The Bertz CT molecular complexity index is 448. The Morgan fingerprint density at radius 1 is 1.33 bits per heavy atom. The van der Waals surface area contributed by atoms with Gasteiger partial charge in [-0.25, -0.2) is 9.97 Å². The minimum Gasteiger partial charge on any atom is -0.340 e. The van der Waals surface area contributed by atoms with Crippen LogP contribution >= 0.6 is 0 Å². The van der Waals surface area contributed by atoms with Crippen LogP contribution in [0, 0.1) is 18.8 Å². The highest BCUT2D eigenvalue weighted by molar-refractivity contribution is 5.94. The van der Waals surface area contributed by atoms with Crippen LogP contribution in [-0.4, -0.2) is 28.8 Å². The van der Waals surface area contributed by atoms with Crippen molar-refractivity contribution in [3.63, 3.8) is 0 Å². The van der Waals surface area contributed by atoms with E-state index in [0.29, 0.717) is 17.4 Å². The molecule has 2 atom stereocenters. The molecule has 2 heterocycles. The lowest BCUT2D eigenvalue weighted by molar-refractivity contribution is 0.101. The van der Waals surface area contributed by atoms with Gasteiger partial charge in [0.2, 0.25) is 5.95 Å². The number of hydrogen-bond donors (Lipinski definition) is 0. The molecular formula is C14H21N3O. The molecule has 0 spiro atoms. The third kappa shape index (κ3) is 2.68. The van der Waals surface area contributed by atoms with Crippen molar-refractivity contribution in [3.05, 3.63) is 17.5 Å². The number of rotatable bonds is 2. The SMILES string of the molecule is CC(=O)c1cnc(N2C[C@H](C)C[C@@H](C)C2)nc1C. The monoisotopic (exact) mass is 247 g/mol. The standard InChI is InChI=1S/C14H21N3O/c1-9-5-10(2)8-17(7-9)14-15-6-13(12(4)18)11(3)16-14/h6,9-10H,5,7-8H2,1-4H3/t9-,10-/m1/s1. The fourth-order valence-corrected chi connectivity index (χ4v) is 2.78. The Hall–Kier alpha value is -1.45. The van der Waals surface area contributed by atoms with Crippen LogP contribution in [0.3, 0.4) is 0 Å². The van der Waals surface area contributed by atoms with Crippen LogP contribution in [0.2, 0.25) is 0 Å². The van der Waals surface area contributed by atoms with E-state index in [9.17, 15) is 4.79 Å². The third-order valence-electron chi connectivity index (χ3n) is 3.50. The predicted molar refractivity (Wildman–Crippen MR) is 71.9 cm³/mol. The summed E-state index contributed by atoms with van der Waals surface area (Å²) < 4.78 is 0. The van der Waals surface area contributed by atoms with E-state index in [4.69, 9.17) is 0 Å². The van der Waals surface area contributed by atoms with E-state index in [-0.39, 0.29) is 5.78 Å². The quantitative estimate of drug-likeness (QED) is 0.753. The zero-order valence-corrected chi connectivity index (χ0v) is 11.6. The fourth-order valence-electron chi connectivity index (χ4n) is 2.78. The molecule has 0 aliphatic carbocycles. The van der Waals surface area contributed by atoms with Crippen LogP contribution in [-0.2, 0) is 0 Å². The molecule has 1 aliphatic rings. The molecule has 0 unspecified atom stereocenters. The lowest BCUT2D eigenvalue weighted by Gasteiger charge is -2.35. The molecule has 1 aromatic heterocycles. The van der Waals surface area contributed by atoms with Gasteiger partial charge in [-0.3, -0.25) is 4.79 Å². The summed E-state index contributed by atoms with van der Waals surface area (Å²) >= 11 is 0. The average molecular weight is 247 g/mol. The van der Waals surface area contributed by atoms with Crippen LogP contribution in [0.25, 0.3) is 0 Å². The molecule has 0 saturated carbocycles. The third-order valence-corrected chi connectivity index (χ3v) is 3.50. The summed E-state index contributed by atoms with van der Waals surface area (Å²) in [5.74, 6) is 2.13. The van der Waals surface area contributed by atoms with E-state index >= 15 is 0 Å². The second kappa shape index (κ2) is 5.04. The average Bonchev–Trinajstić information content (AvgIpc) is 2.26. The normalized spacial score (nSPS) is 24.1. The number of anilines is 1. The maximum Gasteiger partial charge on any atom is 0.225 e. The number of carbonyl (C=O) groups excluding carboxylic acids is 1. The van der Waals surface area contributed by atoms with Crippen LogP contribution in [0.4, 0.5) is 5.95 Å². The Balaban J connectivity index is 2.23. The lowest BCUT2D eigenvalue weighted by Crippen LogP contribution is -2.39. The number of hydrogen-bond acceptors (Lipinski definition) is 4. The van der Waals surface area contributed by atoms with Crippen LogP contribution in [0.5, 0.6) is 0 Å². The van der Waals surface area contributed by atoms with Crippen molar-refractivity contribution in [1.29, 1.82) is 0 Å². The summed E-state index contributed by atoms with van der Waals surface area (Å²) in [6.07, 6.45) is 2.92. The fraction of sp³-hybridized carbons (Fsp3) is 0.643. The van der Waals surface area contributed by atoms with Gasteiger partial charge in [0, 0.05) is 19.3 Å². The molecule has 0 amide bonds. The zero-order valence-electron chi connectivity index (χ0n) is 11.6. The van der Waals surface area contributed by atoms with Crippen molar-refractivity contribution in [1.82, 2.24) is 9.97 Å². The summed E-state index contributed by atoms with van der Waals surface area (Å²) in [5, 5.41) is 0. The second-order valence-corrected chi connectivity index (χ2v) is 5.58. The van der Waals surface area contributed by atoms with Crippen LogP contribution in [0.1, 0.15) is 43.2 Å². The molecule has 0 bridgehead atoms. The number of piperidine rings is 1. The summed E-state index contributed by atoms with van der Waals surface area (Å²) in [5.41, 5.74) is 1.40. The van der Waals surface area contributed by atoms with Crippen molar-refractivity contribution in [3.8, 4) is 0 Å². The molecule has 0 radical (unpaired) electrons. The van der Waals surface area contributed by atoms with Crippen molar-refractivity contribution in [2.75, 3.05) is 18.0 Å². The lowest BCUT2D eigenvalue weighted by atomic mass is 9.92. The first-order valence-electron chi connectivity index (χ1n) is 6.57. The number of carbonyl (C=O) groups is 1. The highest BCUT2D eigenvalue weighted by atomic mass is 16.1. The maximum atomic E-state index is 11.4. The Labute approximate surface area is 108 Å². The van der Waals surface area contributed by atoms with Gasteiger partial charge >= 0.3 is 0 Å². The van der Waals surface area contributed by atoms with Gasteiger partial charge in [-0.1, -0.05) is 13.8 Å². The molecule has 18 heavy (non-hydrogen) atoms. The maximum absolute atomic E-state index is 11.4. The minimum absolute atomic E-state index is 0.0273. The number of ketones is 1. The molecule has 98 valence electrons. The molecular weight excluding hydrogens is 226 g/mol. The van der Waals surface area contributed by atoms with Gasteiger partial charge in [0.05, 0.1) is 11.3 Å². The van der Waals surface area contributed by atoms with Crippen molar-refractivity contribution in [2.24, 2.45) is 11.8 Å².